The van der Waals surface area contributed by atoms with Crippen LogP contribution in [0, 0.1) is 6.92 Å². The molecule has 0 bridgehead atoms. The monoisotopic (exact) mass is 176 g/mol. The normalized spacial score (nSPS) is 6.43. The molecule has 0 aliphatic rings. The number of hydrogen-bond donors (Lipinski definition) is 0. The van der Waals surface area contributed by atoms with E-state index in [1.807, 2.05) is 0 Å². The van der Waals surface area contributed by atoms with Gasteiger partial charge in [-0.05, 0) is 6.92 Å². The number of rotatable bonds is 1. The number of carbonyl (C=O) groups excluding carboxylic acids is 1. The van der Waals surface area contributed by atoms with E-state index in [-0.39, 0.29) is 32.7 Å². The van der Waals surface area contributed by atoms with Crippen LogP contribution in [0.5, 0.6) is 0 Å². The van der Waals surface area contributed by atoms with Crippen molar-refractivity contribution in [1.82, 2.24) is 0 Å². The fraction of sp³-hybridized carbons (Fsp3) is 0.500. The van der Waals surface area contributed by atoms with Gasteiger partial charge in [-0.1, -0.05) is 0 Å². The van der Waals surface area contributed by atoms with Gasteiger partial charge in [-0.3, -0.25) is 11.7 Å². The largest absolute Gasteiger partial charge is 3.00 e. The Morgan fingerprint density at radius 1 is 1.86 bits per heavy atom. The van der Waals surface area contributed by atoms with Gasteiger partial charge in [0.25, 0.3) is 0 Å². The van der Waals surface area contributed by atoms with Gasteiger partial charge >= 0.3 is 32.7 Å². The van der Waals surface area contributed by atoms with Gasteiger partial charge in [0.2, 0.25) is 0 Å². The molecule has 0 spiro atoms. The standard InChI is InChI=1S/C4H7O2.Y/c1-3-6-4(2)5;/h2-3H2,1H3;/q-1;+3. The average Bonchev–Trinajstić information content (AvgIpc) is 1.35. The molecular formula is C4H7O2Y+2. The zero-order valence-corrected chi connectivity index (χ0v) is 7.15. The van der Waals surface area contributed by atoms with Crippen LogP contribution in [-0.4, -0.2) is 12.6 Å². The molecule has 0 amide bonds. The maximum absolute atomic E-state index is 9.71. The molecule has 2 nitrogen and oxygen atoms in total. The molecule has 0 heterocycles. The summed E-state index contributed by atoms with van der Waals surface area (Å²) in [5.74, 6) is -0.461. The van der Waals surface area contributed by atoms with Crippen molar-refractivity contribution in [2.24, 2.45) is 0 Å². The summed E-state index contributed by atoms with van der Waals surface area (Å²) in [5, 5.41) is 0. The number of esters is 1. The molecule has 0 aliphatic heterocycles. The first-order valence-electron chi connectivity index (χ1n) is 1.76. The minimum atomic E-state index is -0.461. The Balaban J connectivity index is 0. The van der Waals surface area contributed by atoms with Crippen LogP contribution in [0.1, 0.15) is 6.92 Å². The van der Waals surface area contributed by atoms with Crippen molar-refractivity contribution in [3.8, 4) is 0 Å². The van der Waals surface area contributed by atoms with Gasteiger partial charge in [-0.25, -0.2) is 0 Å². The minimum Gasteiger partial charge on any atom is -0.489 e. The Morgan fingerprint density at radius 3 is 2.29 bits per heavy atom. The molecule has 0 saturated carbocycles. The van der Waals surface area contributed by atoms with E-state index in [4.69, 9.17) is 0 Å². The van der Waals surface area contributed by atoms with Crippen molar-refractivity contribution in [2.75, 3.05) is 6.61 Å². The summed E-state index contributed by atoms with van der Waals surface area (Å²) in [6.07, 6.45) is 0. The van der Waals surface area contributed by atoms with Gasteiger partial charge in [0.1, 0.15) is 0 Å². The zero-order chi connectivity index (χ0) is 4.99. The van der Waals surface area contributed by atoms with Crippen molar-refractivity contribution < 1.29 is 42.2 Å². The van der Waals surface area contributed by atoms with Gasteiger partial charge in [0.15, 0.2) is 5.97 Å². The molecule has 3 heteroatoms. The fourth-order valence-electron chi connectivity index (χ4n) is 0.161. The Morgan fingerprint density at radius 2 is 2.29 bits per heavy atom. The van der Waals surface area contributed by atoms with Crippen LogP contribution in [0.25, 0.3) is 0 Å². The second kappa shape index (κ2) is 6.44. The molecule has 7 heavy (non-hydrogen) atoms. The molecule has 0 aromatic rings. The Bertz CT molecular complexity index is 53.7. The van der Waals surface area contributed by atoms with Crippen LogP contribution in [0.4, 0.5) is 0 Å². The molecule has 0 saturated heterocycles. The second-order valence-electron chi connectivity index (χ2n) is 0.805. The smallest absolute Gasteiger partial charge is 0.489 e. The molecule has 0 aliphatic carbocycles. The number of hydrogen-bond acceptors (Lipinski definition) is 2. The van der Waals surface area contributed by atoms with E-state index in [9.17, 15) is 4.79 Å². The first-order valence-corrected chi connectivity index (χ1v) is 1.76. The van der Waals surface area contributed by atoms with Gasteiger partial charge in [-0.2, -0.15) is 0 Å². The summed E-state index contributed by atoms with van der Waals surface area (Å²) in [6, 6.07) is 0. The maximum Gasteiger partial charge on any atom is 3.00 e. The maximum atomic E-state index is 9.71. The summed E-state index contributed by atoms with van der Waals surface area (Å²) in [5.41, 5.74) is 0. The molecule has 0 rings (SSSR count). The third-order valence-electron chi connectivity index (χ3n) is 0.305. The Hall–Kier alpha value is 0.444. The van der Waals surface area contributed by atoms with Crippen LogP contribution < -0.4 is 0 Å². The third-order valence-corrected chi connectivity index (χ3v) is 0.305. The number of ether oxygens (including phenoxy) is 1. The van der Waals surface area contributed by atoms with E-state index < -0.39 is 5.97 Å². The second-order valence-corrected chi connectivity index (χ2v) is 0.805. The molecule has 0 fully saturated rings. The van der Waals surface area contributed by atoms with Crippen molar-refractivity contribution >= 4 is 5.97 Å². The summed E-state index contributed by atoms with van der Waals surface area (Å²) in [6.45, 7) is 5.13. The zero-order valence-electron chi connectivity index (χ0n) is 4.31. The first-order chi connectivity index (χ1) is 2.77. The van der Waals surface area contributed by atoms with Crippen LogP contribution in [0.3, 0.4) is 0 Å². The van der Waals surface area contributed by atoms with Crippen LogP contribution in [-0.2, 0) is 42.2 Å². The van der Waals surface area contributed by atoms with Crippen molar-refractivity contribution in [1.29, 1.82) is 0 Å². The van der Waals surface area contributed by atoms with Gasteiger partial charge in [-0.15, -0.1) is 0 Å². The summed E-state index contributed by atoms with van der Waals surface area (Å²) in [4.78, 5) is 9.71. The van der Waals surface area contributed by atoms with Crippen LogP contribution in [0.15, 0.2) is 0 Å². The Kier molecular flexibility index (Phi) is 9.60. The summed E-state index contributed by atoms with van der Waals surface area (Å²) < 4.78 is 4.29. The molecule has 0 aromatic carbocycles. The topological polar surface area (TPSA) is 26.3 Å². The van der Waals surface area contributed by atoms with Gasteiger partial charge in [0.05, 0.1) is 6.61 Å². The molecule has 0 N–H and O–H groups in total. The average molecular weight is 176 g/mol. The predicted octanol–water partition coefficient (Wildman–Crippen LogP) is 0.381. The minimum absolute atomic E-state index is 0. The van der Waals surface area contributed by atoms with E-state index in [0.717, 1.165) is 0 Å². The molecule has 0 aromatic heterocycles. The van der Waals surface area contributed by atoms with Crippen molar-refractivity contribution in [2.45, 2.75) is 6.92 Å². The Labute approximate surface area is 68.5 Å². The molecule has 0 atom stereocenters. The fourth-order valence-corrected chi connectivity index (χ4v) is 0.161. The first kappa shape index (κ1) is 10.4. The van der Waals surface area contributed by atoms with E-state index in [0.29, 0.717) is 6.61 Å². The summed E-state index contributed by atoms with van der Waals surface area (Å²) >= 11 is 0. The van der Waals surface area contributed by atoms with Gasteiger partial charge < -0.3 is 4.74 Å². The molecule has 0 unspecified atom stereocenters. The van der Waals surface area contributed by atoms with E-state index in [1.165, 1.54) is 0 Å². The van der Waals surface area contributed by atoms with Crippen molar-refractivity contribution in [3.05, 3.63) is 6.92 Å². The third kappa shape index (κ3) is 10.7. The molecule has 36 valence electrons. The SMILES string of the molecule is [CH2-]C(=O)OCC.[Y+3]. The van der Waals surface area contributed by atoms with Crippen molar-refractivity contribution in [3.63, 3.8) is 0 Å². The number of carbonyl (C=O) groups is 1. The molecule has 0 radical (unpaired) electrons. The van der Waals surface area contributed by atoms with Crippen LogP contribution >= 0.6 is 0 Å². The van der Waals surface area contributed by atoms with E-state index in [2.05, 4.69) is 11.7 Å². The van der Waals surface area contributed by atoms with E-state index >= 15 is 0 Å². The van der Waals surface area contributed by atoms with Gasteiger partial charge in [0, 0.05) is 0 Å². The van der Waals surface area contributed by atoms with E-state index in [1.54, 1.807) is 6.92 Å². The summed E-state index contributed by atoms with van der Waals surface area (Å²) in [7, 11) is 0. The molecular weight excluding hydrogens is 169 g/mol. The predicted molar refractivity (Wildman–Crippen MR) is 22.0 cm³/mol. The quantitative estimate of drug-likeness (QED) is 0.426. The van der Waals surface area contributed by atoms with Crippen LogP contribution in [0.2, 0.25) is 0 Å².